The summed E-state index contributed by atoms with van der Waals surface area (Å²) in [5.41, 5.74) is 2.23. The van der Waals surface area contributed by atoms with Crippen molar-refractivity contribution in [2.45, 2.75) is 32.8 Å². The van der Waals surface area contributed by atoms with E-state index >= 15 is 0 Å². The van der Waals surface area contributed by atoms with E-state index in [9.17, 15) is 4.79 Å². The second kappa shape index (κ2) is 9.04. The lowest BCUT2D eigenvalue weighted by atomic mass is 10.0. The summed E-state index contributed by atoms with van der Waals surface area (Å²) in [7, 11) is 0. The van der Waals surface area contributed by atoms with Crippen LogP contribution >= 0.6 is 0 Å². The van der Waals surface area contributed by atoms with Gasteiger partial charge in [-0.3, -0.25) is 4.79 Å². The molecule has 0 aromatic heterocycles. The van der Waals surface area contributed by atoms with Gasteiger partial charge in [0.1, 0.15) is 5.75 Å². The third kappa shape index (κ3) is 4.68. The summed E-state index contributed by atoms with van der Waals surface area (Å²) in [4.78, 5) is 12.7. The molecule has 0 spiro atoms. The fourth-order valence-corrected chi connectivity index (χ4v) is 3.07. The van der Waals surface area contributed by atoms with E-state index in [1.54, 1.807) is 6.21 Å². The summed E-state index contributed by atoms with van der Waals surface area (Å²) in [6, 6.07) is 19.0. The van der Waals surface area contributed by atoms with Crippen LogP contribution in [0.4, 0.5) is 5.69 Å². The number of hydrogen-bond acceptors (Lipinski definition) is 4. The Labute approximate surface area is 165 Å². The van der Waals surface area contributed by atoms with Crippen molar-refractivity contribution in [3.05, 3.63) is 71.8 Å². The lowest BCUT2D eigenvalue weighted by Gasteiger charge is -2.16. The van der Waals surface area contributed by atoms with Crippen molar-refractivity contribution in [3.63, 3.8) is 0 Å². The van der Waals surface area contributed by atoms with E-state index in [1.807, 2.05) is 60.7 Å². The molecule has 3 aromatic rings. The van der Waals surface area contributed by atoms with Crippen LogP contribution in [0.1, 0.15) is 42.6 Å². The molecule has 28 heavy (non-hydrogen) atoms. The number of nitrogens with two attached hydrogens (primary N) is 1. The van der Waals surface area contributed by atoms with Gasteiger partial charge >= 0.3 is 0 Å². The number of ether oxygens (including phenoxy) is 1. The van der Waals surface area contributed by atoms with Crippen molar-refractivity contribution < 1.29 is 9.53 Å². The summed E-state index contributed by atoms with van der Waals surface area (Å²) < 4.78 is 5.96. The summed E-state index contributed by atoms with van der Waals surface area (Å²) in [5.74, 6) is 5.81. The van der Waals surface area contributed by atoms with Gasteiger partial charge in [0.05, 0.1) is 12.3 Å². The Bertz CT molecular complexity index is 994. The molecule has 5 nitrogen and oxygen atoms in total. The molecule has 144 valence electrons. The molecule has 0 fully saturated rings. The van der Waals surface area contributed by atoms with Gasteiger partial charge in [0.15, 0.2) is 0 Å². The fourth-order valence-electron chi connectivity index (χ4n) is 3.07. The van der Waals surface area contributed by atoms with Crippen LogP contribution in [-0.2, 0) is 0 Å². The van der Waals surface area contributed by atoms with E-state index in [-0.39, 0.29) is 12.0 Å². The Morgan fingerprint density at radius 2 is 1.82 bits per heavy atom. The molecular weight excluding hydrogens is 350 g/mol. The molecule has 0 saturated heterocycles. The maximum absolute atomic E-state index is 12.7. The van der Waals surface area contributed by atoms with Crippen LogP contribution in [-0.4, -0.2) is 18.2 Å². The minimum absolute atomic E-state index is 0.158. The topological polar surface area (TPSA) is 76.7 Å². The van der Waals surface area contributed by atoms with Crippen LogP contribution < -0.4 is 15.9 Å². The van der Waals surface area contributed by atoms with Crippen molar-refractivity contribution in [2.24, 2.45) is 10.9 Å². The lowest BCUT2D eigenvalue weighted by Crippen LogP contribution is -2.14. The van der Waals surface area contributed by atoms with E-state index in [0.717, 1.165) is 34.9 Å². The summed E-state index contributed by atoms with van der Waals surface area (Å²) >= 11 is 0. The van der Waals surface area contributed by atoms with Gasteiger partial charge in [-0.25, -0.2) is 0 Å². The number of anilines is 1. The second-order valence-electron chi connectivity index (χ2n) is 6.64. The molecule has 0 aliphatic carbocycles. The average molecular weight is 375 g/mol. The van der Waals surface area contributed by atoms with E-state index in [1.165, 1.54) is 0 Å². The van der Waals surface area contributed by atoms with Crippen LogP contribution in [0.3, 0.4) is 0 Å². The first-order valence-electron chi connectivity index (χ1n) is 9.48. The van der Waals surface area contributed by atoms with E-state index in [0.29, 0.717) is 11.3 Å². The van der Waals surface area contributed by atoms with Gasteiger partial charge in [-0.1, -0.05) is 38.1 Å². The molecule has 5 heteroatoms. The van der Waals surface area contributed by atoms with Gasteiger partial charge < -0.3 is 15.9 Å². The van der Waals surface area contributed by atoms with E-state index in [2.05, 4.69) is 24.3 Å². The van der Waals surface area contributed by atoms with Crippen molar-refractivity contribution in [2.75, 3.05) is 5.32 Å². The van der Waals surface area contributed by atoms with Crippen LogP contribution in [0.25, 0.3) is 10.8 Å². The van der Waals surface area contributed by atoms with Gasteiger partial charge in [-0.05, 0) is 59.5 Å². The predicted molar refractivity (Wildman–Crippen MR) is 115 cm³/mol. The Morgan fingerprint density at radius 1 is 1.07 bits per heavy atom. The number of nitrogens with zero attached hydrogens (tertiary/aromatic N) is 1. The molecule has 0 unspecified atom stereocenters. The molecule has 0 radical (unpaired) electrons. The van der Waals surface area contributed by atoms with Gasteiger partial charge in [-0.15, -0.1) is 0 Å². The summed E-state index contributed by atoms with van der Waals surface area (Å²) in [5, 5.41) is 8.49. The van der Waals surface area contributed by atoms with E-state index in [4.69, 9.17) is 10.6 Å². The number of nitrogens with one attached hydrogen (secondary N) is 1. The number of rotatable bonds is 7. The number of benzene rings is 3. The summed E-state index contributed by atoms with van der Waals surface area (Å²) in [6.07, 6.45) is 3.67. The number of fused-ring (bicyclic) bond motifs is 1. The molecule has 0 saturated carbocycles. The van der Waals surface area contributed by atoms with Gasteiger partial charge in [0.25, 0.3) is 5.91 Å². The highest BCUT2D eigenvalue weighted by Gasteiger charge is 2.09. The number of amides is 1. The molecule has 0 heterocycles. The highest BCUT2D eigenvalue weighted by Crippen LogP contribution is 2.22. The molecule has 3 rings (SSSR count). The number of hydrazone groups is 1. The standard InChI is InChI=1S/C23H25N3O2/c1-3-21(4-2)28-22-7-5-6-20(14-22)26-23(27)19-11-10-17-12-16(15-25-24)8-9-18(17)13-19/h5-15,21H,3-4,24H2,1-2H3,(H,26,27). The highest BCUT2D eigenvalue weighted by molar-refractivity contribution is 6.06. The Balaban J connectivity index is 1.76. The van der Waals surface area contributed by atoms with Gasteiger partial charge in [0.2, 0.25) is 0 Å². The van der Waals surface area contributed by atoms with Crippen molar-refractivity contribution in [3.8, 4) is 5.75 Å². The molecule has 0 aliphatic rings. The lowest BCUT2D eigenvalue weighted by molar-refractivity contribution is 0.102. The Kier molecular flexibility index (Phi) is 6.27. The third-order valence-corrected chi connectivity index (χ3v) is 4.66. The van der Waals surface area contributed by atoms with Crippen LogP contribution in [0.2, 0.25) is 0 Å². The number of carbonyl (C=O) groups is 1. The zero-order valence-corrected chi connectivity index (χ0v) is 16.2. The molecule has 1 amide bonds. The quantitative estimate of drug-likeness (QED) is 0.348. The van der Waals surface area contributed by atoms with Crippen LogP contribution in [0.15, 0.2) is 65.8 Å². The zero-order valence-electron chi connectivity index (χ0n) is 16.2. The normalized spacial score (nSPS) is 11.2. The first-order valence-corrected chi connectivity index (χ1v) is 9.48. The SMILES string of the molecule is CCC(CC)Oc1cccc(NC(=O)c2ccc3cc(C=NN)ccc3c2)c1. The first-order chi connectivity index (χ1) is 13.6. The minimum atomic E-state index is -0.158. The van der Waals surface area contributed by atoms with Crippen molar-refractivity contribution >= 4 is 28.6 Å². The smallest absolute Gasteiger partial charge is 0.255 e. The van der Waals surface area contributed by atoms with Gasteiger partial charge in [0, 0.05) is 17.3 Å². The third-order valence-electron chi connectivity index (χ3n) is 4.66. The van der Waals surface area contributed by atoms with Crippen LogP contribution in [0, 0.1) is 0 Å². The number of carbonyl (C=O) groups excluding carboxylic acids is 1. The molecule has 0 bridgehead atoms. The van der Waals surface area contributed by atoms with Crippen LogP contribution in [0.5, 0.6) is 5.75 Å². The Morgan fingerprint density at radius 3 is 2.57 bits per heavy atom. The molecule has 3 aromatic carbocycles. The van der Waals surface area contributed by atoms with Crippen molar-refractivity contribution in [1.29, 1.82) is 0 Å². The largest absolute Gasteiger partial charge is 0.490 e. The maximum Gasteiger partial charge on any atom is 0.255 e. The molecule has 0 atom stereocenters. The zero-order chi connectivity index (χ0) is 19.9. The highest BCUT2D eigenvalue weighted by atomic mass is 16.5. The average Bonchev–Trinajstić information content (AvgIpc) is 2.72. The summed E-state index contributed by atoms with van der Waals surface area (Å²) in [6.45, 7) is 4.20. The Hall–Kier alpha value is -3.34. The first kappa shape index (κ1) is 19.4. The second-order valence-corrected chi connectivity index (χ2v) is 6.64. The maximum atomic E-state index is 12.7. The van der Waals surface area contributed by atoms with E-state index < -0.39 is 0 Å². The van der Waals surface area contributed by atoms with Gasteiger partial charge in [-0.2, -0.15) is 5.10 Å². The predicted octanol–water partition coefficient (Wildman–Crippen LogP) is 4.95. The molecule has 3 N–H and O–H groups in total. The monoisotopic (exact) mass is 375 g/mol. The molecular formula is C23H25N3O2. The van der Waals surface area contributed by atoms with Crippen molar-refractivity contribution in [1.82, 2.24) is 0 Å². The minimum Gasteiger partial charge on any atom is -0.490 e. The molecule has 0 aliphatic heterocycles. The fraction of sp³-hybridized carbons (Fsp3) is 0.217. The number of hydrogen-bond donors (Lipinski definition) is 2.